The van der Waals surface area contributed by atoms with Crippen molar-refractivity contribution in [1.82, 2.24) is 0 Å². The number of carbonyl (C=O) groups is 2. The number of methoxy groups -OCH3 is 1. The molecule has 1 aromatic rings. The van der Waals surface area contributed by atoms with Crippen molar-refractivity contribution in [3.8, 4) is 0 Å². The number of benzene rings is 1. The fourth-order valence-electron chi connectivity index (χ4n) is 1.98. The Bertz CT molecular complexity index is 609. The lowest BCUT2D eigenvalue weighted by molar-refractivity contribution is -0.140. The number of esters is 1. The minimum absolute atomic E-state index is 0.0192. The molecule has 25 heavy (non-hydrogen) atoms. The van der Waals surface area contributed by atoms with Crippen LogP contribution >= 0.6 is 0 Å². The molecule has 1 aromatic carbocycles. The fourth-order valence-corrected chi connectivity index (χ4v) is 1.98. The van der Waals surface area contributed by atoms with Crippen molar-refractivity contribution in [3.05, 3.63) is 29.8 Å². The van der Waals surface area contributed by atoms with Gasteiger partial charge in [0.15, 0.2) is 0 Å². The molecule has 0 aliphatic heterocycles. The van der Waals surface area contributed by atoms with E-state index in [1.807, 2.05) is 0 Å². The summed E-state index contributed by atoms with van der Waals surface area (Å²) in [5, 5.41) is 0. The summed E-state index contributed by atoms with van der Waals surface area (Å²) in [6, 6.07) is 4.40. The highest BCUT2D eigenvalue weighted by atomic mass is 19.4. The zero-order valence-electron chi connectivity index (χ0n) is 14.6. The predicted molar refractivity (Wildman–Crippen MR) is 86.3 cm³/mol. The van der Waals surface area contributed by atoms with Crippen LogP contribution in [0, 0.1) is 0 Å². The average Bonchev–Trinajstić information content (AvgIpc) is 2.48. The average molecular weight is 361 g/mol. The van der Waals surface area contributed by atoms with Crippen molar-refractivity contribution >= 4 is 17.7 Å². The third kappa shape index (κ3) is 7.03. The number of hydrogen-bond donors (Lipinski definition) is 0. The lowest BCUT2D eigenvalue weighted by Crippen LogP contribution is -2.37. The van der Waals surface area contributed by atoms with E-state index in [0.717, 1.165) is 17.0 Å². The third-order valence-electron chi connectivity index (χ3n) is 3.09. The molecule has 0 saturated heterocycles. The molecular weight excluding hydrogens is 339 g/mol. The van der Waals surface area contributed by atoms with Crippen molar-refractivity contribution in [2.75, 3.05) is 18.6 Å². The van der Waals surface area contributed by atoms with Gasteiger partial charge in [0.2, 0.25) is 0 Å². The van der Waals surface area contributed by atoms with Gasteiger partial charge in [0, 0.05) is 18.7 Å². The lowest BCUT2D eigenvalue weighted by Gasteiger charge is -2.28. The highest BCUT2D eigenvalue weighted by Gasteiger charge is 2.32. The van der Waals surface area contributed by atoms with Crippen LogP contribution in [-0.2, 0) is 20.4 Å². The van der Waals surface area contributed by atoms with Crippen LogP contribution in [0.5, 0.6) is 0 Å². The minimum Gasteiger partial charge on any atom is -0.469 e. The maximum atomic E-state index is 12.9. The number of rotatable bonds is 5. The van der Waals surface area contributed by atoms with Crippen molar-refractivity contribution in [2.45, 2.75) is 45.4 Å². The molecule has 1 amide bonds. The van der Waals surface area contributed by atoms with E-state index < -0.39 is 29.4 Å². The molecule has 0 radical (unpaired) electrons. The van der Waals surface area contributed by atoms with E-state index in [-0.39, 0.29) is 25.1 Å². The second-order valence-electron chi connectivity index (χ2n) is 6.36. The Morgan fingerprint density at radius 2 is 1.80 bits per heavy atom. The number of halogens is 3. The molecule has 0 spiro atoms. The summed E-state index contributed by atoms with van der Waals surface area (Å²) >= 11 is 0. The smallest absolute Gasteiger partial charge is 0.416 e. The molecule has 5 nitrogen and oxygen atoms in total. The number of nitrogens with zero attached hydrogens (tertiary/aromatic N) is 1. The van der Waals surface area contributed by atoms with Crippen LogP contribution in [0.2, 0.25) is 0 Å². The first-order valence-electron chi connectivity index (χ1n) is 7.68. The second kappa shape index (κ2) is 8.22. The van der Waals surface area contributed by atoms with Gasteiger partial charge < -0.3 is 9.47 Å². The molecule has 8 heteroatoms. The maximum absolute atomic E-state index is 12.9. The molecule has 0 N–H and O–H groups in total. The van der Waals surface area contributed by atoms with Crippen LogP contribution < -0.4 is 4.90 Å². The lowest BCUT2D eigenvalue weighted by atomic mass is 10.1. The third-order valence-corrected chi connectivity index (χ3v) is 3.09. The highest BCUT2D eigenvalue weighted by molar-refractivity contribution is 5.88. The summed E-state index contributed by atoms with van der Waals surface area (Å²) < 4.78 is 48.5. The largest absolute Gasteiger partial charge is 0.469 e. The van der Waals surface area contributed by atoms with Gasteiger partial charge in [-0.15, -0.1) is 0 Å². The molecule has 0 aliphatic carbocycles. The normalized spacial score (nSPS) is 11.8. The molecule has 0 unspecified atom stereocenters. The SMILES string of the molecule is COC(=O)CCCN(C(=O)OC(C)(C)C)c1cccc(C(F)(F)F)c1. The quantitative estimate of drug-likeness (QED) is 0.730. The zero-order chi connectivity index (χ0) is 19.3. The Labute approximate surface area is 144 Å². The van der Waals surface area contributed by atoms with Gasteiger partial charge in [-0.05, 0) is 45.4 Å². The van der Waals surface area contributed by atoms with Crippen molar-refractivity contribution < 1.29 is 32.2 Å². The van der Waals surface area contributed by atoms with Crippen LogP contribution in [0.15, 0.2) is 24.3 Å². The summed E-state index contributed by atoms with van der Waals surface area (Å²) in [5.74, 6) is -0.465. The van der Waals surface area contributed by atoms with Crippen molar-refractivity contribution in [3.63, 3.8) is 0 Å². The number of hydrogen-bond acceptors (Lipinski definition) is 4. The van der Waals surface area contributed by atoms with E-state index in [9.17, 15) is 22.8 Å². The number of alkyl halides is 3. The first-order valence-corrected chi connectivity index (χ1v) is 7.68. The van der Waals surface area contributed by atoms with Gasteiger partial charge >= 0.3 is 18.2 Å². The fraction of sp³-hybridized carbons (Fsp3) is 0.529. The molecule has 0 aromatic heterocycles. The molecule has 0 atom stereocenters. The van der Waals surface area contributed by atoms with E-state index in [0.29, 0.717) is 0 Å². The minimum atomic E-state index is -4.53. The zero-order valence-corrected chi connectivity index (χ0v) is 14.6. The first kappa shape index (κ1) is 20.8. The molecule has 0 heterocycles. The number of anilines is 1. The van der Waals surface area contributed by atoms with Gasteiger partial charge in [0.05, 0.1) is 12.7 Å². The van der Waals surface area contributed by atoms with E-state index in [1.54, 1.807) is 20.8 Å². The van der Waals surface area contributed by atoms with E-state index in [1.165, 1.54) is 19.2 Å². The van der Waals surface area contributed by atoms with Crippen LogP contribution in [0.25, 0.3) is 0 Å². The van der Waals surface area contributed by atoms with Gasteiger partial charge in [-0.3, -0.25) is 9.69 Å². The molecule has 0 saturated carbocycles. The summed E-state index contributed by atoms with van der Waals surface area (Å²) in [6.07, 6.45) is -5.05. The van der Waals surface area contributed by atoms with Crippen LogP contribution in [0.1, 0.15) is 39.2 Å². The molecule has 0 bridgehead atoms. The van der Waals surface area contributed by atoms with Crippen molar-refractivity contribution in [2.24, 2.45) is 0 Å². The molecule has 140 valence electrons. The number of ether oxygens (including phenoxy) is 2. The molecule has 0 aliphatic rings. The van der Waals surface area contributed by atoms with Crippen molar-refractivity contribution in [1.29, 1.82) is 0 Å². The number of amides is 1. The van der Waals surface area contributed by atoms with Crippen LogP contribution in [0.4, 0.5) is 23.7 Å². The molecular formula is C17H22F3NO4. The van der Waals surface area contributed by atoms with Gasteiger partial charge in [0.25, 0.3) is 0 Å². The Kier molecular flexibility index (Phi) is 6.84. The molecule has 0 fully saturated rings. The second-order valence-corrected chi connectivity index (χ2v) is 6.36. The monoisotopic (exact) mass is 361 g/mol. The summed E-state index contributed by atoms with van der Waals surface area (Å²) in [6.45, 7) is 4.99. The van der Waals surface area contributed by atoms with Crippen LogP contribution in [-0.4, -0.2) is 31.3 Å². The standard InChI is InChI=1S/C17H22F3NO4/c1-16(2,3)25-15(23)21(10-6-9-14(22)24-4)13-8-5-7-12(11-13)17(18,19)20/h5,7-8,11H,6,9-10H2,1-4H3. The van der Waals surface area contributed by atoms with E-state index in [2.05, 4.69) is 4.74 Å². The summed E-state index contributed by atoms with van der Waals surface area (Å²) in [4.78, 5) is 24.7. The maximum Gasteiger partial charge on any atom is 0.416 e. The van der Waals surface area contributed by atoms with E-state index >= 15 is 0 Å². The first-order chi connectivity index (χ1) is 11.4. The van der Waals surface area contributed by atoms with E-state index in [4.69, 9.17) is 4.74 Å². The van der Waals surface area contributed by atoms with Crippen LogP contribution in [0.3, 0.4) is 0 Å². The Morgan fingerprint density at radius 3 is 2.32 bits per heavy atom. The van der Waals surface area contributed by atoms with Gasteiger partial charge in [-0.1, -0.05) is 6.07 Å². The topological polar surface area (TPSA) is 55.8 Å². The summed E-state index contributed by atoms with van der Waals surface area (Å²) in [7, 11) is 1.24. The van der Waals surface area contributed by atoms with Gasteiger partial charge in [0.1, 0.15) is 5.60 Å². The van der Waals surface area contributed by atoms with Gasteiger partial charge in [-0.2, -0.15) is 13.2 Å². The Hall–Kier alpha value is -2.25. The van der Waals surface area contributed by atoms with Gasteiger partial charge in [-0.25, -0.2) is 4.79 Å². The predicted octanol–water partition coefficient (Wildman–Crippen LogP) is 4.40. The number of carbonyl (C=O) groups excluding carboxylic acids is 2. The highest BCUT2D eigenvalue weighted by Crippen LogP contribution is 2.32. The molecule has 1 rings (SSSR count). The summed E-state index contributed by atoms with van der Waals surface area (Å²) in [5.41, 5.74) is -1.63. The Morgan fingerprint density at radius 1 is 1.16 bits per heavy atom. The Balaban J connectivity index is 3.05.